The van der Waals surface area contributed by atoms with Crippen molar-refractivity contribution >= 4 is 29.2 Å². The van der Waals surface area contributed by atoms with Crippen molar-refractivity contribution in [3.8, 4) is 10.8 Å². The number of amides is 2. The molecule has 33 heavy (non-hydrogen) atoms. The summed E-state index contributed by atoms with van der Waals surface area (Å²) in [6, 6.07) is 5.06. The summed E-state index contributed by atoms with van der Waals surface area (Å²) < 4.78 is 33.1. The predicted octanol–water partition coefficient (Wildman–Crippen LogP) is 3.92. The molecule has 2 atom stereocenters. The van der Waals surface area contributed by atoms with Crippen molar-refractivity contribution in [1.29, 1.82) is 0 Å². The minimum atomic E-state index is -1.30. The maximum Gasteiger partial charge on any atom is 0.254 e. The summed E-state index contributed by atoms with van der Waals surface area (Å²) in [4.78, 5) is 38.2. The molecule has 2 aliphatic rings. The van der Waals surface area contributed by atoms with Crippen LogP contribution in [0, 0.1) is 5.82 Å². The Morgan fingerprint density at radius 3 is 2.58 bits per heavy atom. The fraction of sp³-hybridized carbons (Fsp3) is 0.409. The van der Waals surface area contributed by atoms with Crippen LogP contribution in [-0.4, -0.2) is 48.7 Å². The lowest BCUT2D eigenvalue weighted by Crippen LogP contribution is -2.42. The number of carbonyl (C=O) groups excluding carboxylic acids is 2. The molecule has 0 spiro atoms. The standard InChI is InChI=1S/C22H22F2N6O2S/c1-12(23)18-25-21(33-27-18)20-26-19(29-9-3-4-16(29)31)17-13(2)28(10-11-30(17)20)22(32)14-5-7-15(24)8-6-14/h5-8,12-13H,3-4,9-11H2,1-2H3/t12-,13-/m1/s1. The third-order valence-electron chi connectivity index (χ3n) is 6.09. The maximum atomic E-state index is 13.7. The monoisotopic (exact) mass is 472 g/mol. The summed E-state index contributed by atoms with van der Waals surface area (Å²) in [5.74, 6) is 0.469. The molecular weight excluding hydrogens is 450 g/mol. The molecular formula is C22H22F2N6O2S. The number of nitrogens with zero attached hydrogens (tertiary/aromatic N) is 6. The maximum absolute atomic E-state index is 13.7. The molecule has 0 unspecified atom stereocenters. The smallest absolute Gasteiger partial charge is 0.254 e. The molecule has 0 N–H and O–H groups in total. The van der Waals surface area contributed by atoms with Crippen LogP contribution in [0.2, 0.25) is 0 Å². The third kappa shape index (κ3) is 3.69. The second-order valence-electron chi connectivity index (χ2n) is 8.20. The Labute approximate surface area is 193 Å². The van der Waals surface area contributed by atoms with Crippen LogP contribution in [0.4, 0.5) is 14.6 Å². The van der Waals surface area contributed by atoms with Crippen LogP contribution in [0.5, 0.6) is 0 Å². The average Bonchev–Trinajstić information content (AvgIpc) is 3.52. The Balaban J connectivity index is 1.57. The van der Waals surface area contributed by atoms with Gasteiger partial charge in [-0.2, -0.15) is 4.37 Å². The lowest BCUT2D eigenvalue weighted by atomic mass is 10.1. The summed E-state index contributed by atoms with van der Waals surface area (Å²) >= 11 is 1.06. The number of halogens is 2. The topological polar surface area (TPSA) is 84.2 Å². The van der Waals surface area contributed by atoms with E-state index in [0.717, 1.165) is 23.6 Å². The molecule has 0 radical (unpaired) electrons. The van der Waals surface area contributed by atoms with E-state index >= 15 is 0 Å². The van der Waals surface area contributed by atoms with Gasteiger partial charge in [0.1, 0.15) is 5.82 Å². The first-order chi connectivity index (χ1) is 15.8. The summed E-state index contributed by atoms with van der Waals surface area (Å²) in [6.07, 6.45) is -0.125. The van der Waals surface area contributed by atoms with Gasteiger partial charge in [-0.25, -0.2) is 18.7 Å². The molecule has 172 valence electrons. The van der Waals surface area contributed by atoms with E-state index in [4.69, 9.17) is 4.98 Å². The van der Waals surface area contributed by atoms with Gasteiger partial charge in [-0.3, -0.25) is 14.5 Å². The first kappa shape index (κ1) is 21.6. The van der Waals surface area contributed by atoms with Crippen molar-refractivity contribution in [3.63, 3.8) is 0 Å². The number of aromatic nitrogens is 4. The second-order valence-corrected chi connectivity index (χ2v) is 8.95. The highest BCUT2D eigenvalue weighted by Gasteiger charge is 2.38. The number of hydrogen-bond acceptors (Lipinski definition) is 6. The Morgan fingerprint density at radius 1 is 1.18 bits per heavy atom. The number of benzene rings is 1. The molecule has 0 bridgehead atoms. The van der Waals surface area contributed by atoms with Crippen molar-refractivity contribution < 1.29 is 18.4 Å². The molecule has 2 aliphatic heterocycles. The Morgan fingerprint density at radius 2 is 1.94 bits per heavy atom. The van der Waals surface area contributed by atoms with Crippen LogP contribution in [0.25, 0.3) is 10.8 Å². The number of carbonyl (C=O) groups is 2. The van der Waals surface area contributed by atoms with Gasteiger partial charge in [0.25, 0.3) is 5.91 Å². The molecule has 0 aliphatic carbocycles. The number of alkyl halides is 1. The Bertz CT molecular complexity index is 1220. The van der Waals surface area contributed by atoms with Crippen LogP contribution < -0.4 is 4.90 Å². The van der Waals surface area contributed by atoms with E-state index in [2.05, 4.69) is 9.36 Å². The molecule has 5 rings (SSSR count). The van der Waals surface area contributed by atoms with E-state index in [1.54, 1.807) is 9.80 Å². The Hall–Kier alpha value is -3.21. The van der Waals surface area contributed by atoms with Crippen LogP contribution in [0.3, 0.4) is 0 Å². The summed E-state index contributed by atoms with van der Waals surface area (Å²) in [7, 11) is 0. The number of rotatable bonds is 4. The minimum absolute atomic E-state index is 0.0213. The second kappa shape index (κ2) is 8.29. The zero-order valence-electron chi connectivity index (χ0n) is 18.2. The molecule has 1 fully saturated rings. The van der Waals surface area contributed by atoms with E-state index in [0.29, 0.717) is 48.3 Å². The Kier molecular flexibility index (Phi) is 5.43. The zero-order chi connectivity index (χ0) is 23.3. The quantitative estimate of drug-likeness (QED) is 0.575. The molecule has 1 aromatic carbocycles. The average molecular weight is 473 g/mol. The number of fused-ring (bicyclic) bond motifs is 1. The normalized spacial score (nSPS) is 19.2. The van der Waals surface area contributed by atoms with Gasteiger partial charge in [-0.1, -0.05) is 0 Å². The molecule has 1 saturated heterocycles. The van der Waals surface area contributed by atoms with E-state index < -0.39 is 18.0 Å². The van der Waals surface area contributed by atoms with Gasteiger partial charge in [0.15, 0.2) is 28.6 Å². The van der Waals surface area contributed by atoms with Crippen LogP contribution >= 0.6 is 11.5 Å². The molecule has 2 amide bonds. The summed E-state index contributed by atoms with van der Waals surface area (Å²) in [5.41, 5.74) is 1.12. The predicted molar refractivity (Wildman–Crippen MR) is 118 cm³/mol. The lowest BCUT2D eigenvalue weighted by Gasteiger charge is -2.36. The number of imidazole rings is 1. The first-order valence-corrected chi connectivity index (χ1v) is 11.6. The zero-order valence-corrected chi connectivity index (χ0v) is 19.0. The largest absolute Gasteiger partial charge is 0.328 e. The first-order valence-electron chi connectivity index (χ1n) is 10.8. The highest BCUT2D eigenvalue weighted by atomic mass is 32.1. The third-order valence-corrected chi connectivity index (χ3v) is 6.81. The van der Waals surface area contributed by atoms with Gasteiger partial charge in [0.05, 0.1) is 11.7 Å². The molecule has 2 aromatic heterocycles. The van der Waals surface area contributed by atoms with Gasteiger partial charge in [-0.05, 0) is 56.1 Å². The van der Waals surface area contributed by atoms with Crippen LogP contribution in [0.1, 0.15) is 60.8 Å². The van der Waals surface area contributed by atoms with E-state index in [1.165, 1.54) is 31.2 Å². The highest BCUT2D eigenvalue weighted by molar-refractivity contribution is 7.09. The van der Waals surface area contributed by atoms with Gasteiger partial charge < -0.3 is 9.47 Å². The molecule has 0 saturated carbocycles. The SMILES string of the molecule is C[C@@H]1c2c(N3CCCC3=O)nc(-c3nc([C@@H](C)F)ns3)n2CCN1C(=O)c1ccc(F)cc1. The van der Waals surface area contributed by atoms with Gasteiger partial charge in [0, 0.05) is 31.6 Å². The fourth-order valence-corrected chi connectivity index (χ4v) is 5.14. The van der Waals surface area contributed by atoms with Crippen molar-refractivity contribution in [3.05, 3.63) is 47.2 Å². The summed E-state index contributed by atoms with van der Waals surface area (Å²) in [6.45, 7) is 4.63. The van der Waals surface area contributed by atoms with Crippen LogP contribution in [0.15, 0.2) is 24.3 Å². The summed E-state index contributed by atoms with van der Waals surface area (Å²) in [5, 5.41) is 0.471. The van der Waals surface area contributed by atoms with Crippen molar-refractivity contribution in [2.24, 2.45) is 0 Å². The van der Waals surface area contributed by atoms with Gasteiger partial charge in [0.2, 0.25) is 5.91 Å². The number of anilines is 1. The molecule has 11 heteroatoms. The highest BCUT2D eigenvalue weighted by Crippen LogP contribution is 2.39. The fourth-order valence-electron chi connectivity index (χ4n) is 4.40. The molecule has 4 heterocycles. The molecule has 8 nitrogen and oxygen atoms in total. The minimum Gasteiger partial charge on any atom is -0.328 e. The van der Waals surface area contributed by atoms with Gasteiger partial charge >= 0.3 is 0 Å². The number of hydrogen-bond donors (Lipinski definition) is 0. The van der Waals surface area contributed by atoms with Crippen molar-refractivity contribution in [1.82, 2.24) is 23.8 Å². The molecule has 3 aromatic rings. The van der Waals surface area contributed by atoms with Crippen molar-refractivity contribution in [2.75, 3.05) is 18.0 Å². The lowest BCUT2D eigenvalue weighted by molar-refractivity contribution is -0.117. The van der Waals surface area contributed by atoms with E-state index in [-0.39, 0.29) is 17.6 Å². The van der Waals surface area contributed by atoms with Crippen molar-refractivity contribution in [2.45, 2.75) is 45.4 Å². The van der Waals surface area contributed by atoms with Crippen LogP contribution in [-0.2, 0) is 11.3 Å². The van der Waals surface area contributed by atoms with Gasteiger partial charge in [-0.15, -0.1) is 0 Å². The van der Waals surface area contributed by atoms with E-state index in [1.807, 2.05) is 11.5 Å². The van der Waals surface area contributed by atoms with E-state index in [9.17, 15) is 18.4 Å².